The summed E-state index contributed by atoms with van der Waals surface area (Å²) in [5.41, 5.74) is 1.09. The summed E-state index contributed by atoms with van der Waals surface area (Å²) >= 11 is 0. The van der Waals surface area contributed by atoms with Crippen LogP contribution in [-0.2, 0) is 0 Å². The van der Waals surface area contributed by atoms with Crippen LogP contribution >= 0.6 is 0 Å². The fraction of sp³-hybridized carbons (Fsp3) is 0.267. The van der Waals surface area contributed by atoms with E-state index in [-0.39, 0.29) is 24.4 Å². The number of ether oxygens (including phenoxy) is 2. The van der Waals surface area contributed by atoms with Crippen molar-refractivity contribution in [1.82, 2.24) is 15.3 Å². The molecule has 114 valence electrons. The topological polar surface area (TPSA) is 85.4 Å². The zero-order valence-electron chi connectivity index (χ0n) is 12.3. The molecule has 7 heteroatoms. The number of rotatable bonds is 4. The van der Waals surface area contributed by atoms with Crippen molar-refractivity contribution in [2.75, 3.05) is 12.1 Å². The summed E-state index contributed by atoms with van der Waals surface area (Å²) in [4.78, 5) is 20.1. The van der Waals surface area contributed by atoms with Gasteiger partial charge in [-0.15, -0.1) is 0 Å². The van der Waals surface area contributed by atoms with Gasteiger partial charge in [0.05, 0.1) is 12.4 Å². The summed E-state index contributed by atoms with van der Waals surface area (Å²) in [5.74, 6) is 1.71. The van der Waals surface area contributed by atoms with E-state index in [1.807, 2.05) is 32.0 Å². The first-order valence-corrected chi connectivity index (χ1v) is 6.91. The standard InChI is InChI=1S/C15H16N4O3/c1-9(2)18-15(20)11-6-17-14(7-16-11)19-10-3-4-12-13(5-10)22-8-21-12/h3-7,9H,8H2,1-2H3,(H,17,19)(H,18,20). The van der Waals surface area contributed by atoms with Gasteiger partial charge in [0.15, 0.2) is 11.5 Å². The van der Waals surface area contributed by atoms with Crippen LogP contribution in [0.2, 0.25) is 0 Å². The fourth-order valence-corrected chi connectivity index (χ4v) is 1.97. The molecule has 0 spiro atoms. The highest BCUT2D eigenvalue weighted by molar-refractivity contribution is 5.92. The maximum atomic E-state index is 11.8. The molecule has 2 aromatic rings. The van der Waals surface area contributed by atoms with Crippen LogP contribution < -0.4 is 20.1 Å². The van der Waals surface area contributed by atoms with E-state index >= 15 is 0 Å². The fourth-order valence-electron chi connectivity index (χ4n) is 1.97. The van der Waals surface area contributed by atoms with Gasteiger partial charge in [0.2, 0.25) is 6.79 Å². The Morgan fingerprint density at radius 1 is 1.18 bits per heavy atom. The highest BCUT2D eigenvalue weighted by Gasteiger charge is 2.14. The summed E-state index contributed by atoms with van der Waals surface area (Å²) < 4.78 is 10.6. The first-order chi connectivity index (χ1) is 10.6. The van der Waals surface area contributed by atoms with Gasteiger partial charge in [0, 0.05) is 17.8 Å². The van der Waals surface area contributed by atoms with E-state index in [2.05, 4.69) is 20.6 Å². The first kappa shape index (κ1) is 14.1. The van der Waals surface area contributed by atoms with E-state index in [1.54, 1.807) is 0 Å². The van der Waals surface area contributed by atoms with E-state index in [4.69, 9.17) is 9.47 Å². The van der Waals surface area contributed by atoms with Crippen LogP contribution in [0.15, 0.2) is 30.6 Å². The predicted octanol–water partition coefficient (Wildman–Crippen LogP) is 2.09. The average molecular weight is 300 g/mol. The Labute approximate surface area is 127 Å². The van der Waals surface area contributed by atoms with Crippen molar-refractivity contribution in [2.24, 2.45) is 0 Å². The number of amides is 1. The third kappa shape index (κ3) is 3.08. The molecule has 1 aliphatic heterocycles. The lowest BCUT2D eigenvalue weighted by atomic mass is 10.3. The smallest absolute Gasteiger partial charge is 0.271 e. The minimum atomic E-state index is -0.239. The SMILES string of the molecule is CC(C)NC(=O)c1cnc(Nc2ccc3c(c2)OCO3)cn1. The number of nitrogens with one attached hydrogen (secondary N) is 2. The molecular formula is C15H16N4O3. The molecule has 1 aliphatic rings. The van der Waals surface area contributed by atoms with Gasteiger partial charge >= 0.3 is 0 Å². The van der Waals surface area contributed by atoms with Crippen molar-refractivity contribution in [2.45, 2.75) is 19.9 Å². The van der Waals surface area contributed by atoms with Gasteiger partial charge in [-0.1, -0.05) is 0 Å². The van der Waals surface area contributed by atoms with Crippen LogP contribution in [0.5, 0.6) is 11.5 Å². The molecule has 0 bridgehead atoms. The molecule has 0 radical (unpaired) electrons. The normalized spacial score (nSPS) is 12.3. The highest BCUT2D eigenvalue weighted by atomic mass is 16.7. The largest absolute Gasteiger partial charge is 0.454 e. The molecule has 0 aliphatic carbocycles. The molecule has 0 atom stereocenters. The molecule has 0 unspecified atom stereocenters. The van der Waals surface area contributed by atoms with Crippen molar-refractivity contribution in [3.63, 3.8) is 0 Å². The average Bonchev–Trinajstić information content (AvgIpc) is 2.95. The number of nitrogens with zero attached hydrogens (tertiary/aromatic N) is 2. The molecule has 1 aromatic carbocycles. The summed E-state index contributed by atoms with van der Waals surface area (Å²) in [7, 11) is 0. The number of aromatic nitrogens is 2. The van der Waals surface area contributed by atoms with Gasteiger partial charge in [-0.3, -0.25) is 4.79 Å². The Kier molecular flexibility index (Phi) is 3.78. The third-order valence-electron chi connectivity index (χ3n) is 2.95. The monoisotopic (exact) mass is 300 g/mol. The van der Waals surface area contributed by atoms with Crippen molar-refractivity contribution >= 4 is 17.4 Å². The van der Waals surface area contributed by atoms with Gasteiger partial charge < -0.3 is 20.1 Å². The molecule has 1 amide bonds. The molecule has 2 N–H and O–H groups in total. The number of fused-ring (bicyclic) bond motifs is 1. The molecule has 0 saturated heterocycles. The van der Waals surface area contributed by atoms with Crippen molar-refractivity contribution in [3.05, 3.63) is 36.3 Å². The maximum absolute atomic E-state index is 11.8. The van der Waals surface area contributed by atoms with Crippen LogP contribution in [0, 0.1) is 0 Å². The first-order valence-electron chi connectivity index (χ1n) is 6.91. The molecule has 0 saturated carbocycles. The molecule has 1 aromatic heterocycles. The van der Waals surface area contributed by atoms with E-state index in [1.165, 1.54) is 12.4 Å². The zero-order chi connectivity index (χ0) is 15.5. The van der Waals surface area contributed by atoms with Crippen molar-refractivity contribution in [1.29, 1.82) is 0 Å². The molecule has 3 rings (SSSR count). The Morgan fingerprint density at radius 3 is 2.73 bits per heavy atom. The molecular weight excluding hydrogens is 284 g/mol. The van der Waals surface area contributed by atoms with Gasteiger partial charge in [0.25, 0.3) is 5.91 Å². The number of hydrogen-bond acceptors (Lipinski definition) is 6. The second-order valence-electron chi connectivity index (χ2n) is 5.11. The lowest BCUT2D eigenvalue weighted by Crippen LogP contribution is -2.30. The lowest BCUT2D eigenvalue weighted by molar-refractivity contribution is 0.0937. The van der Waals surface area contributed by atoms with E-state index < -0.39 is 0 Å². The van der Waals surface area contributed by atoms with Crippen LogP contribution in [-0.4, -0.2) is 28.7 Å². The van der Waals surface area contributed by atoms with Gasteiger partial charge in [-0.2, -0.15) is 0 Å². The second kappa shape index (κ2) is 5.88. The molecule has 22 heavy (non-hydrogen) atoms. The number of hydrogen-bond donors (Lipinski definition) is 2. The summed E-state index contributed by atoms with van der Waals surface area (Å²) in [6, 6.07) is 5.56. The predicted molar refractivity (Wildman–Crippen MR) is 80.5 cm³/mol. The Morgan fingerprint density at radius 2 is 2.00 bits per heavy atom. The van der Waals surface area contributed by atoms with E-state index in [0.717, 1.165) is 11.4 Å². The van der Waals surface area contributed by atoms with Crippen LogP contribution in [0.1, 0.15) is 24.3 Å². The van der Waals surface area contributed by atoms with Crippen LogP contribution in [0.25, 0.3) is 0 Å². The Balaban J connectivity index is 1.70. The summed E-state index contributed by atoms with van der Waals surface area (Å²) in [6.07, 6.45) is 2.95. The summed E-state index contributed by atoms with van der Waals surface area (Å²) in [5, 5.41) is 5.86. The molecule has 0 fully saturated rings. The number of benzene rings is 1. The van der Waals surface area contributed by atoms with E-state index in [9.17, 15) is 4.79 Å². The minimum absolute atomic E-state index is 0.0562. The third-order valence-corrected chi connectivity index (χ3v) is 2.95. The number of carbonyl (C=O) groups excluding carboxylic acids is 1. The van der Waals surface area contributed by atoms with Gasteiger partial charge in [-0.05, 0) is 26.0 Å². The number of anilines is 2. The zero-order valence-corrected chi connectivity index (χ0v) is 12.3. The quantitative estimate of drug-likeness (QED) is 0.899. The number of carbonyl (C=O) groups is 1. The van der Waals surface area contributed by atoms with E-state index in [0.29, 0.717) is 11.6 Å². The second-order valence-corrected chi connectivity index (χ2v) is 5.11. The Hall–Kier alpha value is -2.83. The minimum Gasteiger partial charge on any atom is -0.454 e. The van der Waals surface area contributed by atoms with Gasteiger partial charge in [-0.25, -0.2) is 9.97 Å². The summed E-state index contributed by atoms with van der Waals surface area (Å²) in [6.45, 7) is 4.01. The highest BCUT2D eigenvalue weighted by Crippen LogP contribution is 2.34. The lowest BCUT2D eigenvalue weighted by Gasteiger charge is -2.09. The van der Waals surface area contributed by atoms with Crippen LogP contribution in [0.3, 0.4) is 0 Å². The molecule has 2 heterocycles. The van der Waals surface area contributed by atoms with Crippen molar-refractivity contribution < 1.29 is 14.3 Å². The maximum Gasteiger partial charge on any atom is 0.271 e. The Bertz CT molecular complexity index is 686. The van der Waals surface area contributed by atoms with Crippen molar-refractivity contribution in [3.8, 4) is 11.5 Å². The van der Waals surface area contributed by atoms with Crippen LogP contribution in [0.4, 0.5) is 11.5 Å². The molecule has 7 nitrogen and oxygen atoms in total. The van der Waals surface area contributed by atoms with Gasteiger partial charge in [0.1, 0.15) is 11.5 Å².